The van der Waals surface area contributed by atoms with Crippen LogP contribution in [0.2, 0.25) is 0 Å². The third-order valence-electron chi connectivity index (χ3n) is 4.04. The molecule has 0 bridgehead atoms. The number of rotatable bonds is 9. The molecule has 1 aliphatic rings. The smallest absolute Gasteiger partial charge is 0.387 e. The first-order valence-electron chi connectivity index (χ1n) is 8.46. The molecular formula is C11H18N5O13P3S. The average molecular weight is 553 g/mol. The molecule has 0 radical (unpaired) electrons. The maximum atomic E-state index is 11.9. The SMILES string of the molecule is CSc1nc(N)c2ncn([C@@H]3O[C@H](COP(=O)(O)OP(=O)(O)OP(=O)(O)O)[C@H](O)[C@H]3O)c2n1. The number of phosphoric ester groups is 1. The van der Waals surface area contributed by atoms with Gasteiger partial charge in [0.2, 0.25) is 0 Å². The zero-order chi connectivity index (χ0) is 24.8. The van der Waals surface area contributed by atoms with Gasteiger partial charge in [-0.25, -0.2) is 28.6 Å². The van der Waals surface area contributed by atoms with Crippen LogP contribution in [0.4, 0.5) is 5.82 Å². The fraction of sp³-hybridized carbons (Fsp3) is 0.545. The minimum absolute atomic E-state index is 0.0559. The number of fused-ring (bicyclic) bond motifs is 1. The summed E-state index contributed by atoms with van der Waals surface area (Å²) in [6.45, 7) is -0.960. The van der Waals surface area contributed by atoms with E-state index < -0.39 is 54.6 Å². The molecule has 0 saturated carbocycles. The van der Waals surface area contributed by atoms with Crippen LogP contribution in [0.1, 0.15) is 6.23 Å². The van der Waals surface area contributed by atoms with Crippen molar-refractivity contribution >= 4 is 52.2 Å². The normalized spacial score (nSPS) is 27.5. The number of anilines is 1. The zero-order valence-electron chi connectivity index (χ0n) is 16.3. The van der Waals surface area contributed by atoms with Crippen LogP contribution in [-0.4, -0.2) is 80.5 Å². The molecule has 0 spiro atoms. The second kappa shape index (κ2) is 9.56. The van der Waals surface area contributed by atoms with E-state index in [1.807, 2.05) is 0 Å². The first-order chi connectivity index (χ1) is 15.1. The van der Waals surface area contributed by atoms with Crippen molar-refractivity contribution in [3.63, 3.8) is 0 Å². The summed E-state index contributed by atoms with van der Waals surface area (Å²) < 4.78 is 52.2. The van der Waals surface area contributed by atoms with E-state index in [4.69, 9.17) is 25.2 Å². The van der Waals surface area contributed by atoms with Crippen molar-refractivity contribution < 1.29 is 61.4 Å². The highest BCUT2D eigenvalue weighted by Crippen LogP contribution is 2.66. The molecule has 0 aliphatic carbocycles. The van der Waals surface area contributed by atoms with Crippen molar-refractivity contribution in [3.05, 3.63) is 6.33 Å². The maximum Gasteiger partial charge on any atom is 0.490 e. The molecule has 186 valence electrons. The number of aliphatic hydroxyl groups is 2. The van der Waals surface area contributed by atoms with E-state index >= 15 is 0 Å². The van der Waals surface area contributed by atoms with Gasteiger partial charge in [0.25, 0.3) is 0 Å². The Morgan fingerprint density at radius 1 is 1.12 bits per heavy atom. The monoisotopic (exact) mass is 553 g/mol. The molecule has 2 aromatic rings. The molecular weight excluding hydrogens is 535 g/mol. The van der Waals surface area contributed by atoms with Crippen molar-refractivity contribution in [3.8, 4) is 0 Å². The van der Waals surface area contributed by atoms with Crippen LogP contribution < -0.4 is 5.73 Å². The summed E-state index contributed by atoms with van der Waals surface area (Å²) in [4.78, 5) is 48.0. The van der Waals surface area contributed by atoms with Crippen molar-refractivity contribution in [1.82, 2.24) is 19.5 Å². The quantitative estimate of drug-likeness (QED) is 0.112. The van der Waals surface area contributed by atoms with Crippen molar-refractivity contribution in [2.45, 2.75) is 29.7 Å². The second-order valence-corrected chi connectivity index (χ2v) is 11.5. The predicted molar refractivity (Wildman–Crippen MR) is 107 cm³/mol. The Hall–Kier alpha value is -1.01. The van der Waals surface area contributed by atoms with E-state index in [9.17, 15) is 28.8 Å². The van der Waals surface area contributed by atoms with E-state index in [0.29, 0.717) is 5.16 Å². The number of nitrogens with two attached hydrogens (primary N) is 1. The third-order valence-corrected chi connectivity index (χ3v) is 8.39. The van der Waals surface area contributed by atoms with Crippen LogP contribution in [0, 0.1) is 0 Å². The minimum Gasteiger partial charge on any atom is -0.387 e. The Kier molecular flexibility index (Phi) is 7.71. The molecule has 0 amide bonds. The predicted octanol–water partition coefficient (Wildman–Crippen LogP) is -0.907. The number of imidazole rings is 1. The fourth-order valence-electron chi connectivity index (χ4n) is 2.76. The fourth-order valence-corrected chi connectivity index (χ4v) is 6.16. The lowest BCUT2D eigenvalue weighted by atomic mass is 10.1. The van der Waals surface area contributed by atoms with Gasteiger partial charge in [-0.1, -0.05) is 11.8 Å². The molecule has 2 aromatic heterocycles. The molecule has 22 heteroatoms. The highest BCUT2D eigenvalue weighted by Gasteiger charge is 2.47. The van der Waals surface area contributed by atoms with E-state index in [1.165, 1.54) is 22.7 Å². The van der Waals surface area contributed by atoms with Gasteiger partial charge in [-0.05, 0) is 6.26 Å². The summed E-state index contributed by atoms with van der Waals surface area (Å²) in [6, 6.07) is 0. The van der Waals surface area contributed by atoms with Crippen LogP contribution in [0.15, 0.2) is 11.5 Å². The zero-order valence-corrected chi connectivity index (χ0v) is 19.8. The van der Waals surface area contributed by atoms with E-state index in [-0.39, 0.29) is 17.0 Å². The molecule has 1 saturated heterocycles. The van der Waals surface area contributed by atoms with Crippen LogP contribution in [0.3, 0.4) is 0 Å². The number of aliphatic hydroxyl groups excluding tert-OH is 2. The molecule has 0 aromatic carbocycles. The molecule has 2 unspecified atom stereocenters. The summed E-state index contributed by atoms with van der Waals surface area (Å²) in [7, 11) is -16.7. The topological polar surface area (TPSA) is 279 Å². The number of nitrogens with zero attached hydrogens (tertiary/aromatic N) is 4. The van der Waals surface area contributed by atoms with Gasteiger partial charge < -0.3 is 40.3 Å². The van der Waals surface area contributed by atoms with Crippen LogP contribution >= 0.6 is 35.2 Å². The summed E-state index contributed by atoms with van der Waals surface area (Å²) >= 11 is 1.18. The Labute approximate surface area is 188 Å². The maximum absolute atomic E-state index is 11.9. The van der Waals surface area contributed by atoms with E-state index in [2.05, 4.69) is 28.1 Å². The Bertz CT molecular complexity index is 1170. The van der Waals surface area contributed by atoms with Gasteiger partial charge in [-0.15, -0.1) is 0 Å². The molecule has 1 aliphatic heterocycles. The molecule has 3 heterocycles. The highest BCUT2D eigenvalue weighted by molar-refractivity contribution is 7.98. The van der Waals surface area contributed by atoms with Gasteiger partial charge in [-0.2, -0.15) is 8.62 Å². The van der Waals surface area contributed by atoms with Crippen LogP contribution in [0.5, 0.6) is 0 Å². The molecule has 1 fully saturated rings. The van der Waals surface area contributed by atoms with Crippen LogP contribution in [-0.2, 0) is 31.6 Å². The summed E-state index contributed by atoms with van der Waals surface area (Å²) in [5.74, 6) is 0.0559. The standard InChI is InChI=1S/C11H18N5O13P3S/c1-33-11-14-8(12)5-9(15-11)16(3-13-5)10-7(18)6(17)4(27-10)2-26-31(22,23)29-32(24,25)28-30(19,20)21/h3-4,6-7,10,17-18H,2H2,1H3,(H,22,23)(H,24,25)(H2,12,14,15)(H2,19,20,21)/t4-,6+,7-,10-/m1/s1. The van der Waals surface area contributed by atoms with Gasteiger partial charge in [-0.3, -0.25) is 9.09 Å². The summed E-state index contributed by atoms with van der Waals surface area (Å²) in [6.07, 6.45) is -3.14. The van der Waals surface area contributed by atoms with Crippen molar-refractivity contribution in [2.75, 3.05) is 18.6 Å². The molecule has 3 rings (SSSR count). The van der Waals surface area contributed by atoms with Gasteiger partial charge in [0.1, 0.15) is 23.8 Å². The number of aromatic nitrogens is 4. The molecule has 33 heavy (non-hydrogen) atoms. The lowest BCUT2D eigenvalue weighted by Gasteiger charge is -2.19. The van der Waals surface area contributed by atoms with E-state index in [1.54, 1.807) is 6.26 Å². The van der Waals surface area contributed by atoms with Gasteiger partial charge in [0, 0.05) is 0 Å². The van der Waals surface area contributed by atoms with E-state index in [0.717, 1.165) is 0 Å². The number of phosphoric acid groups is 3. The summed E-state index contributed by atoms with van der Waals surface area (Å²) in [5.41, 5.74) is 6.18. The number of ether oxygens (including phenoxy) is 1. The number of hydrogen-bond donors (Lipinski definition) is 7. The Morgan fingerprint density at radius 3 is 2.39 bits per heavy atom. The first kappa shape index (κ1) is 26.6. The highest BCUT2D eigenvalue weighted by atomic mass is 32.2. The largest absolute Gasteiger partial charge is 0.490 e. The van der Waals surface area contributed by atoms with Gasteiger partial charge >= 0.3 is 23.5 Å². The van der Waals surface area contributed by atoms with Crippen LogP contribution in [0.25, 0.3) is 11.2 Å². The number of hydrogen-bond acceptors (Lipinski definition) is 14. The second-order valence-electron chi connectivity index (χ2n) is 6.35. The minimum atomic E-state index is -5.71. The van der Waals surface area contributed by atoms with Gasteiger partial charge in [0.15, 0.2) is 22.8 Å². The number of nitrogen functional groups attached to an aromatic ring is 1. The number of thioether (sulfide) groups is 1. The lowest BCUT2D eigenvalue weighted by molar-refractivity contribution is -0.0503. The molecule has 8 N–H and O–H groups in total. The van der Waals surface area contributed by atoms with Crippen molar-refractivity contribution in [1.29, 1.82) is 0 Å². The van der Waals surface area contributed by atoms with Gasteiger partial charge in [0.05, 0.1) is 12.9 Å². The lowest BCUT2D eigenvalue weighted by Crippen LogP contribution is -2.33. The molecule has 18 nitrogen and oxygen atoms in total. The Balaban J connectivity index is 1.73. The summed E-state index contributed by atoms with van der Waals surface area (Å²) in [5, 5.41) is 20.9. The third kappa shape index (κ3) is 6.36. The average Bonchev–Trinajstić information content (AvgIpc) is 3.19. The first-order valence-corrected chi connectivity index (χ1v) is 14.2. The Morgan fingerprint density at radius 2 is 1.79 bits per heavy atom. The molecule has 6 atom stereocenters. The van der Waals surface area contributed by atoms with Crippen molar-refractivity contribution in [2.24, 2.45) is 0 Å².